The zero-order chi connectivity index (χ0) is 25.8. The van der Waals surface area contributed by atoms with Crippen molar-refractivity contribution in [3.63, 3.8) is 0 Å². The molecule has 4 fully saturated rings. The van der Waals surface area contributed by atoms with Gasteiger partial charge in [0.05, 0.1) is 18.7 Å². The van der Waals surface area contributed by atoms with Crippen molar-refractivity contribution < 1.29 is 28.2 Å². The summed E-state index contributed by atoms with van der Waals surface area (Å²) < 4.78 is 35.1. The first-order chi connectivity index (χ1) is 16.8. The molecule has 1 amide bonds. The van der Waals surface area contributed by atoms with Crippen molar-refractivity contribution >= 4 is 12.7 Å². The Kier molecular flexibility index (Phi) is 9.30. The maximum absolute atomic E-state index is 15.2. The summed E-state index contributed by atoms with van der Waals surface area (Å²) in [4.78, 5) is 22.4. The molecule has 1 aliphatic heterocycles. The normalized spacial score (nSPS) is 31.5. The number of carbonyl (C=O) groups excluding carboxylic acids is 2. The number of likely N-dealkylation sites (tertiary alicyclic amines) is 1. The number of aliphatic hydroxyl groups is 1. The Morgan fingerprint density at radius 2 is 1.74 bits per heavy atom. The molecule has 1 aromatic carbocycles. The average molecular weight is 494 g/mol. The molecule has 2 bridgehead atoms. The minimum atomic E-state index is -1.00. The number of aliphatic hydroxyl groups excluding tert-OH is 1. The van der Waals surface area contributed by atoms with Gasteiger partial charge in [0.1, 0.15) is 24.5 Å². The Labute approximate surface area is 208 Å². The maximum atomic E-state index is 15.2. The SMILES string of the molecule is C=O.CC1CC2CC(C)CC(COc3cc(F)c(C(=O)N4CCC(F)C4)c(C4CC4)c3)(C1)C2.CO. The Morgan fingerprint density at radius 1 is 1.11 bits per heavy atom. The quantitative estimate of drug-likeness (QED) is 0.585. The Bertz CT molecular complexity index is 855. The van der Waals surface area contributed by atoms with Gasteiger partial charge in [0.2, 0.25) is 0 Å². The number of rotatable bonds is 5. The number of halogens is 2. The van der Waals surface area contributed by atoms with Gasteiger partial charge >= 0.3 is 0 Å². The molecule has 4 aliphatic rings. The second-order valence-corrected chi connectivity index (χ2v) is 11.2. The van der Waals surface area contributed by atoms with Gasteiger partial charge in [0.25, 0.3) is 5.91 Å². The lowest BCUT2D eigenvalue weighted by atomic mass is 9.57. The molecular weight excluding hydrogens is 452 g/mol. The van der Waals surface area contributed by atoms with Crippen molar-refractivity contribution in [1.29, 1.82) is 0 Å². The third-order valence-corrected chi connectivity index (χ3v) is 8.04. The van der Waals surface area contributed by atoms with Crippen LogP contribution in [0, 0.1) is 29.0 Å². The molecule has 1 heterocycles. The summed E-state index contributed by atoms with van der Waals surface area (Å²) in [7, 11) is 1.00. The molecule has 3 aliphatic carbocycles. The van der Waals surface area contributed by atoms with Crippen LogP contribution >= 0.6 is 0 Å². The molecule has 3 saturated carbocycles. The zero-order valence-electron chi connectivity index (χ0n) is 21.4. The smallest absolute Gasteiger partial charge is 0.257 e. The molecule has 0 radical (unpaired) electrons. The molecule has 1 N–H and O–H groups in total. The largest absolute Gasteiger partial charge is 0.493 e. The van der Waals surface area contributed by atoms with Crippen molar-refractivity contribution in [2.75, 3.05) is 26.8 Å². The fraction of sp³-hybridized carbons (Fsp3) is 0.714. The Hall–Kier alpha value is -2.02. The number of hydrogen-bond donors (Lipinski definition) is 1. The predicted octanol–water partition coefficient (Wildman–Crippen LogP) is 5.54. The summed E-state index contributed by atoms with van der Waals surface area (Å²) in [5, 5.41) is 7.00. The van der Waals surface area contributed by atoms with Crippen LogP contribution in [0.5, 0.6) is 5.75 Å². The minimum absolute atomic E-state index is 0.0701. The number of fused-ring (bicyclic) bond motifs is 2. The summed E-state index contributed by atoms with van der Waals surface area (Å²) in [5.41, 5.74) is 1.09. The van der Waals surface area contributed by atoms with Gasteiger partial charge in [-0.1, -0.05) is 13.8 Å². The average Bonchev–Trinajstić information content (AvgIpc) is 3.58. The summed E-state index contributed by atoms with van der Waals surface area (Å²) in [6.07, 6.45) is 7.49. The highest BCUT2D eigenvalue weighted by Gasteiger charge is 2.45. The van der Waals surface area contributed by atoms with Gasteiger partial charge in [-0.3, -0.25) is 4.79 Å². The fourth-order valence-corrected chi connectivity index (χ4v) is 7.01. The summed E-state index contributed by atoms with van der Waals surface area (Å²) in [6, 6.07) is 3.28. The summed E-state index contributed by atoms with van der Waals surface area (Å²) in [6.45, 7) is 7.76. The second-order valence-electron chi connectivity index (χ2n) is 11.2. The van der Waals surface area contributed by atoms with E-state index in [1.165, 1.54) is 43.1 Å². The van der Waals surface area contributed by atoms with Crippen molar-refractivity contribution in [3.8, 4) is 5.75 Å². The van der Waals surface area contributed by atoms with Crippen molar-refractivity contribution in [2.45, 2.75) is 77.3 Å². The van der Waals surface area contributed by atoms with E-state index in [1.807, 2.05) is 12.9 Å². The van der Waals surface area contributed by atoms with E-state index in [1.54, 1.807) is 0 Å². The minimum Gasteiger partial charge on any atom is -0.493 e. The second kappa shape index (κ2) is 11.8. The van der Waals surface area contributed by atoms with Crippen LogP contribution in [0.15, 0.2) is 12.1 Å². The molecule has 0 spiro atoms. The lowest BCUT2D eigenvalue weighted by Gasteiger charge is -2.49. The van der Waals surface area contributed by atoms with Gasteiger partial charge in [-0.2, -0.15) is 0 Å². The first-order valence-electron chi connectivity index (χ1n) is 12.9. The van der Waals surface area contributed by atoms with Crippen LogP contribution in [0.3, 0.4) is 0 Å². The van der Waals surface area contributed by atoms with Gasteiger partial charge in [0, 0.05) is 25.1 Å². The maximum Gasteiger partial charge on any atom is 0.257 e. The predicted molar refractivity (Wildman–Crippen MR) is 132 cm³/mol. The van der Waals surface area contributed by atoms with Crippen LogP contribution in [0.1, 0.15) is 87.1 Å². The van der Waals surface area contributed by atoms with Crippen LogP contribution in [0.2, 0.25) is 0 Å². The zero-order valence-corrected chi connectivity index (χ0v) is 21.4. The van der Waals surface area contributed by atoms with E-state index in [0.717, 1.165) is 31.4 Å². The van der Waals surface area contributed by atoms with E-state index in [2.05, 4.69) is 13.8 Å². The van der Waals surface area contributed by atoms with Crippen molar-refractivity contribution in [2.24, 2.45) is 23.2 Å². The molecular formula is C28H41F2NO4. The molecule has 1 aromatic rings. The fourth-order valence-electron chi connectivity index (χ4n) is 7.01. The van der Waals surface area contributed by atoms with Gasteiger partial charge in [-0.25, -0.2) is 8.78 Å². The number of amides is 1. The van der Waals surface area contributed by atoms with E-state index in [-0.39, 0.29) is 29.3 Å². The van der Waals surface area contributed by atoms with Gasteiger partial charge in [-0.15, -0.1) is 0 Å². The third-order valence-electron chi connectivity index (χ3n) is 8.04. The van der Waals surface area contributed by atoms with E-state index >= 15 is 4.39 Å². The van der Waals surface area contributed by atoms with Crippen LogP contribution < -0.4 is 4.74 Å². The molecule has 5 nitrogen and oxygen atoms in total. The lowest BCUT2D eigenvalue weighted by Crippen LogP contribution is -2.42. The molecule has 1 saturated heterocycles. The molecule has 3 unspecified atom stereocenters. The molecule has 196 valence electrons. The van der Waals surface area contributed by atoms with Crippen LogP contribution in [-0.2, 0) is 4.79 Å². The van der Waals surface area contributed by atoms with Crippen molar-refractivity contribution in [1.82, 2.24) is 4.90 Å². The monoisotopic (exact) mass is 493 g/mol. The van der Waals surface area contributed by atoms with Crippen LogP contribution in [-0.4, -0.2) is 55.7 Å². The number of carbonyl (C=O) groups is 2. The van der Waals surface area contributed by atoms with Crippen LogP contribution in [0.25, 0.3) is 0 Å². The highest BCUT2D eigenvalue weighted by atomic mass is 19.1. The topological polar surface area (TPSA) is 66.8 Å². The third kappa shape index (κ3) is 6.41. The Morgan fingerprint density at radius 3 is 2.29 bits per heavy atom. The first kappa shape index (κ1) is 27.6. The lowest BCUT2D eigenvalue weighted by molar-refractivity contribution is -0.0980. The summed E-state index contributed by atoms with van der Waals surface area (Å²) in [5.74, 6) is 2.10. The number of alkyl halides is 1. The number of nitrogens with zero attached hydrogens (tertiary/aromatic N) is 1. The van der Waals surface area contributed by atoms with Crippen molar-refractivity contribution in [3.05, 3.63) is 29.1 Å². The number of ether oxygens (including phenoxy) is 1. The highest BCUT2D eigenvalue weighted by Crippen LogP contribution is 2.53. The molecule has 3 atom stereocenters. The number of hydrogen-bond acceptors (Lipinski definition) is 4. The Balaban J connectivity index is 0.000000815. The first-order valence-corrected chi connectivity index (χ1v) is 12.9. The molecule has 5 rings (SSSR count). The van der Waals surface area contributed by atoms with E-state index in [0.29, 0.717) is 37.2 Å². The standard InChI is InChI=1S/C26H35F2NO2.CH4O.CH2O/c1-16-7-18-8-17(2)12-26(11-16,13-18)15-31-21-9-22(19-3-4-19)24(23(28)10-21)25(30)29-6-5-20(27)14-29;2*1-2/h9-10,16-20H,3-8,11-15H2,1-2H3;2H,1H3;1H2. The van der Waals surface area contributed by atoms with Gasteiger partial charge in [0.15, 0.2) is 0 Å². The molecule has 35 heavy (non-hydrogen) atoms. The van der Waals surface area contributed by atoms with E-state index in [9.17, 15) is 9.18 Å². The summed E-state index contributed by atoms with van der Waals surface area (Å²) >= 11 is 0. The van der Waals surface area contributed by atoms with E-state index < -0.39 is 12.0 Å². The van der Waals surface area contributed by atoms with Gasteiger partial charge in [-0.05, 0) is 86.7 Å². The molecule has 0 aromatic heterocycles. The number of benzene rings is 1. The van der Waals surface area contributed by atoms with E-state index in [4.69, 9.17) is 14.6 Å². The van der Waals surface area contributed by atoms with Crippen LogP contribution in [0.4, 0.5) is 8.78 Å². The highest BCUT2D eigenvalue weighted by molar-refractivity contribution is 5.96. The van der Waals surface area contributed by atoms with Gasteiger partial charge < -0.3 is 19.5 Å². The molecule has 7 heteroatoms.